The predicted molar refractivity (Wildman–Crippen MR) is 125 cm³/mol. The van der Waals surface area contributed by atoms with Crippen LogP contribution in [0.5, 0.6) is 0 Å². The van der Waals surface area contributed by atoms with Crippen molar-refractivity contribution in [3.05, 3.63) is 63.2 Å². The number of hydrogen-bond acceptors (Lipinski definition) is 4. The molecule has 0 saturated carbocycles. The van der Waals surface area contributed by atoms with Crippen LogP contribution in [0.2, 0.25) is 5.02 Å². The molecule has 0 fully saturated rings. The highest BCUT2D eigenvalue weighted by molar-refractivity contribution is 7.89. The molecule has 0 atom stereocenters. The summed E-state index contributed by atoms with van der Waals surface area (Å²) in [6.07, 6.45) is 2.05. The number of aromatic nitrogens is 1. The Morgan fingerprint density at radius 1 is 1.17 bits per heavy atom. The van der Waals surface area contributed by atoms with Gasteiger partial charge in [-0.2, -0.15) is 0 Å². The topological polar surface area (TPSA) is 54.7 Å². The molecule has 30 heavy (non-hydrogen) atoms. The zero-order chi connectivity index (χ0) is 21.9. The summed E-state index contributed by atoms with van der Waals surface area (Å²) in [5.41, 5.74) is 3.79. The van der Waals surface area contributed by atoms with E-state index < -0.39 is 10.0 Å². The molecular weight excluding hydrogens is 438 g/mol. The van der Waals surface area contributed by atoms with Crippen molar-refractivity contribution in [1.82, 2.24) is 8.87 Å². The summed E-state index contributed by atoms with van der Waals surface area (Å²) in [4.78, 5) is 5.88. The molecule has 8 heteroatoms. The van der Waals surface area contributed by atoms with E-state index in [0.717, 1.165) is 46.7 Å². The minimum Gasteiger partial charge on any atom is -0.316 e. The van der Waals surface area contributed by atoms with Crippen LogP contribution in [0.15, 0.2) is 57.7 Å². The Balaban J connectivity index is 2.18. The van der Waals surface area contributed by atoms with Crippen molar-refractivity contribution in [2.24, 2.45) is 4.99 Å². The summed E-state index contributed by atoms with van der Waals surface area (Å²) < 4.78 is 28.7. The van der Waals surface area contributed by atoms with Crippen molar-refractivity contribution in [2.45, 2.75) is 38.1 Å². The maximum absolute atomic E-state index is 12.7. The Morgan fingerprint density at radius 2 is 1.90 bits per heavy atom. The lowest BCUT2D eigenvalue weighted by molar-refractivity contribution is 0.521. The second-order valence-corrected chi connectivity index (χ2v) is 10.6. The Hall–Kier alpha value is -1.93. The van der Waals surface area contributed by atoms with Gasteiger partial charge in [-0.15, -0.1) is 11.3 Å². The van der Waals surface area contributed by atoms with Gasteiger partial charge in [0.25, 0.3) is 0 Å². The third-order valence-corrected chi connectivity index (χ3v) is 8.01. The molecule has 1 aromatic heterocycles. The molecule has 5 nitrogen and oxygen atoms in total. The average Bonchev–Trinajstić information content (AvgIpc) is 3.10. The number of nitrogens with zero attached hydrogens (tertiary/aromatic N) is 3. The highest BCUT2D eigenvalue weighted by Crippen LogP contribution is 2.30. The SMILES string of the molecule is CCCCn1c(-c2ccc(Cl)c(S(=O)(=O)N(C)C)c2)csc1=Nc1ccccc1C. The normalized spacial score (nSPS) is 12.7. The summed E-state index contributed by atoms with van der Waals surface area (Å²) >= 11 is 7.79. The quantitative estimate of drug-likeness (QED) is 0.467. The summed E-state index contributed by atoms with van der Waals surface area (Å²) in [5.74, 6) is 0. The van der Waals surface area contributed by atoms with E-state index >= 15 is 0 Å². The van der Waals surface area contributed by atoms with Crippen molar-refractivity contribution in [2.75, 3.05) is 14.1 Å². The zero-order valence-corrected chi connectivity index (χ0v) is 20.0. The maximum atomic E-state index is 12.7. The summed E-state index contributed by atoms with van der Waals surface area (Å²) in [6.45, 7) is 4.99. The summed E-state index contributed by atoms with van der Waals surface area (Å²) in [6, 6.07) is 13.2. The number of para-hydroxylation sites is 1. The molecule has 0 unspecified atom stereocenters. The number of hydrogen-bond donors (Lipinski definition) is 0. The van der Waals surface area contributed by atoms with Crippen LogP contribution in [-0.2, 0) is 16.6 Å². The van der Waals surface area contributed by atoms with E-state index in [2.05, 4.69) is 11.5 Å². The predicted octanol–water partition coefficient (Wildman–Crippen LogP) is 5.46. The van der Waals surface area contributed by atoms with Crippen LogP contribution in [0.3, 0.4) is 0 Å². The molecular formula is C22H26ClN3O2S2. The zero-order valence-electron chi connectivity index (χ0n) is 17.6. The molecule has 3 rings (SSSR count). The largest absolute Gasteiger partial charge is 0.316 e. The lowest BCUT2D eigenvalue weighted by atomic mass is 10.1. The number of unbranched alkanes of at least 4 members (excludes halogenated alkanes) is 1. The maximum Gasteiger partial charge on any atom is 0.244 e. The van der Waals surface area contributed by atoms with Gasteiger partial charge >= 0.3 is 0 Å². The first-order chi connectivity index (χ1) is 14.3. The van der Waals surface area contributed by atoms with Gasteiger partial charge in [0, 0.05) is 31.6 Å². The van der Waals surface area contributed by atoms with Crippen molar-refractivity contribution in [3.8, 4) is 11.3 Å². The van der Waals surface area contributed by atoms with Gasteiger partial charge in [0.1, 0.15) is 4.90 Å². The molecule has 1 heterocycles. The van der Waals surface area contributed by atoms with Crippen molar-refractivity contribution >= 4 is 38.6 Å². The van der Waals surface area contributed by atoms with Gasteiger partial charge in [0.2, 0.25) is 10.0 Å². The molecule has 0 amide bonds. The van der Waals surface area contributed by atoms with Crippen LogP contribution in [0.4, 0.5) is 5.69 Å². The minimum atomic E-state index is -3.64. The van der Waals surface area contributed by atoms with E-state index in [1.165, 1.54) is 18.4 Å². The fourth-order valence-corrected chi connectivity index (χ4v) is 5.37. The standard InChI is InChI=1S/C22H26ClN3O2S2/c1-5-6-13-26-20(15-29-22(26)24-19-10-8-7-9-16(19)2)17-11-12-18(23)21(14-17)30(27,28)25(3)4/h7-12,14-15H,5-6,13H2,1-4H3. The molecule has 0 saturated heterocycles. The first-order valence-electron chi connectivity index (χ1n) is 9.77. The molecule has 0 aliphatic rings. The molecule has 3 aromatic rings. The third kappa shape index (κ3) is 4.70. The molecule has 2 aromatic carbocycles. The molecule has 160 valence electrons. The lowest BCUT2D eigenvalue weighted by Crippen LogP contribution is -2.22. The van der Waals surface area contributed by atoms with Crippen molar-refractivity contribution < 1.29 is 8.42 Å². The number of rotatable bonds is 7. The first kappa shape index (κ1) is 22.7. The van der Waals surface area contributed by atoms with E-state index in [4.69, 9.17) is 16.6 Å². The number of aryl methyl sites for hydroxylation is 1. The highest BCUT2D eigenvalue weighted by Gasteiger charge is 2.22. The fraction of sp³-hybridized carbons (Fsp3) is 0.318. The second kappa shape index (κ2) is 9.47. The smallest absolute Gasteiger partial charge is 0.244 e. The van der Waals surface area contributed by atoms with E-state index in [1.54, 1.807) is 23.5 Å². The van der Waals surface area contributed by atoms with Gasteiger partial charge in [-0.1, -0.05) is 49.2 Å². The lowest BCUT2D eigenvalue weighted by Gasteiger charge is -2.15. The van der Waals surface area contributed by atoms with E-state index in [0.29, 0.717) is 0 Å². The van der Waals surface area contributed by atoms with Crippen molar-refractivity contribution in [3.63, 3.8) is 0 Å². The van der Waals surface area contributed by atoms with Crippen LogP contribution < -0.4 is 4.80 Å². The number of thiazole rings is 1. The van der Waals surface area contributed by atoms with Crippen LogP contribution >= 0.6 is 22.9 Å². The summed E-state index contributed by atoms with van der Waals surface area (Å²) in [7, 11) is -0.636. The van der Waals surface area contributed by atoms with Crippen LogP contribution in [0, 0.1) is 6.92 Å². The Kier molecular flexibility index (Phi) is 7.18. The average molecular weight is 464 g/mol. The molecule has 0 spiro atoms. The van der Waals surface area contributed by atoms with E-state index in [9.17, 15) is 8.42 Å². The van der Waals surface area contributed by atoms with Gasteiger partial charge in [-0.3, -0.25) is 0 Å². The Labute approximate surface area is 187 Å². The molecule has 0 N–H and O–H groups in total. The monoisotopic (exact) mass is 463 g/mol. The van der Waals surface area contributed by atoms with Crippen molar-refractivity contribution in [1.29, 1.82) is 0 Å². The van der Waals surface area contributed by atoms with Gasteiger partial charge in [0.15, 0.2) is 4.80 Å². The van der Waals surface area contributed by atoms with Crippen LogP contribution in [0.1, 0.15) is 25.3 Å². The fourth-order valence-electron chi connectivity index (χ4n) is 3.03. The Morgan fingerprint density at radius 3 is 2.57 bits per heavy atom. The number of benzene rings is 2. The van der Waals surface area contributed by atoms with Gasteiger partial charge in [0.05, 0.1) is 16.4 Å². The van der Waals surface area contributed by atoms with Gasteiger partial charge in [-0.05, 0) is 37.1 Å². The molecule has 0 radical (unpaired) electrons. The van der Waals surface area contributed by atoms with Gasteiger partial charge < -0.3 is 4.57 Å². The van der Waals surface area contributed by atoms with E-state index in [1.807, 2.05) is 42.6 Å². The van der Waals surface area contributed by atoms with Crippen LogP contribution in [-0.4, -0.2) is 31.4 Å². The Bertz CT molecular complexity index is 1210. The minimum absolute atomic E-state index is 0.109. The second-order valence-electron chi connectivity index (χ2n) is 7.24. The number of halogens is 1. The molecule has 0 bridgehead atoms. The van der Waals surface area contributed by atoms with E-state index in [-0.39, 0.29) is 9.92 Å². The summed E-state index contributed by atoms with van der Waals surface area (Å²) in [5, 5.41) is 2.25. The molecule has 0 aliphatic carbocycles. The third-order valence-electron chi connectivity index (χ3n) is 4.85. The van der Waals surface area contributed by atoms with Crippen LogP contribution in [0.25, 0.3) is 11.3 Å². The molecule has 0 aliphatic heterocycles. The number of sulfonamides is 1. The highest BCUT2D eigenvalue weighted by atomic mass is 35.5. The van der Waals surface area contributed by atoms with Gasteiger partial charge in [-0.25, -0.2) is 17.7 Å². The first-order valence-corrected chi connectivity index (χ1v) is 12.5.